The molecule has 306 valence electrons. The number of nitrogens with zero attached hydrogens (tertiary/aromatic N) is 4. The second-order valence-corrected chi connectivity index (χ2v) is 17.1. The fourth-order valence-corrected chi connectivity index (χ4v) is 9.37. The zero-order valence-corrected chi connectivity index (χ0v) is 35.9. The van der Waals surface area contributed by atoms with Crippen LogP contribution in [0.25, 0.3) is 65.4 Å². The molecule has 0 saturated carbocycles. The minimum absolute atomic E-state index is 0.397. The Morgan fingerprint density at radius 2 is 0.719 bits per heavy atom. The highest BCUT2D eigenvalue weighted by Gasteiger charge is 2.25. The predicted molar refractivity (Wildman–Crippen MR) is 263 cm³/mol. The van der Waals surface area contributed by atoms with E-state index >= 15 is 0 Å². The van der Waals surface area contributed by atoms with Gasteiger partial charge in [0.25, 0.3) is 0 Å². The maximum atomic E-state index is 9.66. The van der Waals surface area contributed by atoms with Gasteiger partial charge in [-0.15, -0.1) is 0 Å². The van der Waals surface area contributed by atoms with Crippen LogP contribution in [0.2, 0.25) is 0 Å². The lowest BCUT2D eigenvalue weighted by atomic mass is 9.98. The molecule has 0 aliphatic rings. The lowest BCUT2D eigenvalue weighted by Gasteiger charge is -2.27. The highest BCUT2D eigenvalue weighted by atomic mass is 16.4. The Morgan fingerprint density at radius 3 is 1.05 bits per heavy atom. The van der Waals surface area contributed by atoms with Crippen molar-refractivity contribution in [2.24, 2.45) is 0 Å². The van der Waals surface area contributed by atoms with Gasteiger partial charge in [-0.25, -0.2) is 0 Å². The molecule has 0 atom stereocenters. The van der Waals surface area contributed by atoms with Crippen LogP contribution in [0.5, 0.6) is 0 Å². The van der Waals surface area contributed by atoms with Gasteiger partial charge in [0, 0.05) is 67.2 Å². The SMILES string of the molecule is CC(C)c1ccc(N(c2ccc(C#N)cc2)c2cc3oc4c(ccc5c4oc4cc(N(c6ccc(C#N)cc6)c6ccc(C(C)C)cc6)c6ccccc6c45)c3c3ccccc23)cc1. The van der Waals surface area contributed by atoms with Crippen molar-refractivity contribution in [3.8, 4) is 12.1 Å². The van der Waals surface area contributed by atoms with Gasteiger partial charge in [0.2, 0.25) is 0 Å². The lowest BCUT2D eigenvalue weighted by Crippen LogP contribution is -2.10. The predicted octanol–water partition coefficient (Wildman–Crippen LogP) is 16.7. The molecule has 0 bridgehead atoms. The van der Waals surface area contributed by atoms with Crippen molar-refractivity contribution < 1.29 is 8.83 Å². The van der Waals surface area contributed by atoms with Crippen molar-refractivity contribution in [2.45, 2.75) is 39.5 Å². The van der Waals surface area contributed by atoms with Crippen LogP contribution < -0.4 is 9.80 Å². The molecule has 0 aliphatic carbocycles. The third-order valence-electron chi connectivity index (χ3n) is 12.7. The molecule has 0 fully saturated rings. The van der Waals surface area contributed by atoms with Crippen LogP contribution in [0.4, 0.5) is 34.1 Å². The Morgan fingerprint density at radius 1 is 0.391 bits per heavy atom. The van der Waals surface area contributed by atoms with E-state index in [0.717, 1.165) is 88.4 Å². The third-order valence-corrected chi connectivity index (χ3v) is 12.7. The number of fused-ring (bicyclic) bond motifs is 11. The number of furan rings is 2. The molecule has 6 heteroatoms. The molecule has 9 aromatic carbocycles. The highest BCUT2D eigenvalue weighted by Crippen LogP contribution is 2.49. The van der Waals surface area contributed by atoms with Gasteiger partial charge >= 0.3 is 0 Å². The van der Waals surface area contributed by atoms with Gasteiger partial charge in [-0.1, -0.05) is 100 Å². The van der Waals surface area contributed by atoms with Crippen LogP contribution in [0.3, 0.4) is 0 Å². The molecule has 0 radical (unpaired) electrons. The zero-order chi connectivity index (χ0) is 43.6. The largest absolute Gasteiger partial charge is 0.452 e. The summed E-state index contributed by atoms with van der Waals surface area (Å²) < 4.78 is 14.1. The normalized spacial score (nSPS) is 11.7. The number of rotatable bonds is 8. The lowest BCUT2D eigenvalue weighted by molar-refractivity contribution is 0.633. The molecule has 2 heterocycles. The average Bonchev–Trinajstić information content (AvgIpc) is 3.91. The van der Waals surface area contributed by atoms with E-state index in [4.69, 9.17) is 8.83 Å². The first-order valence-corrected chi connectivity index (χ1v) is 21.7. The molecular weight excluding hydrogens is 785 g/mol. The molecule has 0 aliphatic heterocycles. The van der Waals surface area contributed by atoms with E-state index in [1.165, 1.54) is 11.1 Å². The van der Waals surface area contributed by atoms with Crippen LogP contribution >= 0.6 is 0 Å². The summed E-state index contributed by atoms with van der Waals surface area (Å²) in [6, 6.07) is 63.2. The first-order chi connectivity index (χ1) is 31.3. The Hall–Kier alpha value is -8.32. The van der Waals surface area contributed by atoms with Crippen LogP contribution in [0.1, 0.15) is 61.8 Å². The number of hydrogen-bond acceptors (Lipinski definition) is 6. The Kier molecular flexibility index (Phi) is 9.19. The smallest absolute Gasteiger partial charge is 0.178 e. The molecule has 11 rings (SSSR count). The van der Waals surface area contributed by atoms with Crippen LogP contribution in [-0.4, -0.2) is 0 Å². The van der Waals surface area contributed by atoms with Crippen LogP contribution in [0, 0.1) is 22.7 Å². The van der Waals surface area contributed by atoms with Crippen molar-refractivity contribution in [3.05, 3.63) is 192 Å². The summed E-state index contributed by atoms with van der Waals surface area (Å²) in [4.78, 5) is 4.50. The van der Waals surface area contributed by atoms with E-state index in [1.807, 2.05) is 48.5 Å². The quantitative estimate of drug-likeness (QED) is 0.152. The van der Waals surface area contributed by atoms with Gasteiger partial charge in [0.15, 0.2) is 11.2 Å². The first-order valence-electron chi connectivity index (χ1n) is 21.7. The first kappa shape index (κ1) is 38.6. The van der Waals surface area contributed by atoms with E-state index in [-0.39, 0.29) is 0 Å². The summed E-state index contributed by atoms with van der Waals surface area (Å²) in [5, 5.41) is 27.6. The van der Waals surface area contributed by atoms with E-state index in [2.05, 4.69) is 171 Å². The van der Waals surface area contributed by atoms with Gasteiger partial charge in [-0.2, -0.15) is 10.5 Å². The standard InChI is InChI=1S/C58H42N4O2/c1-35(2)39-17-25-43(26-18-39)61(41-21-13-37(33-59)14-22-41)51-31-53-55(47-11-7-5-9-45(47)51)49-29-30-50-56-48-12-8-6-10-46(48)52(32-54(56)64-58(50)57(49)63-53)62(42-23-15-38(34-60)16-24-42)44-27-19-40(20-28-44)36(3)4/h5-32,35-36H,1-4H3. The molecular formula is C58H42N4O2. The molecule has 0 spiro atoms. The van der Waals surface area contributed by atoms with Crippen molar-refractivity contribution in [3.63, 3.8) is 0 Å². The Bertz CT molecular complexity index is 3430. The summed E-state index contributed by atoms with van der Waals surface area (Å²) in [5.74, 6) is 0.793. The minimum Gasteiger partial charge on any atom is -0.452 e. The third kappa shape index (κ3) is 6.23. The van der Waals surface area contributed by atoms with E-state index in [1.54, 1.807) is 0 Å². The van der Waals surface area contributed by atoms with Crippen molar-refractivity contribution in [2.75, 3.05) is 9.80 Å². The van der Waals surface area contributed by atoms with Crippen LogP contribution in [0.15, 0.2) is 179 Å². The summed E-state index contributed by atoms with van der Waals surface area (Å²) in [6.07, 6.45) is 0. The maximum absolute atomic E-state index is 9.66. The molecule has 11 aromatic rings. The molecule has 0 saturated heterocycles. The van der Waals surface area contributed by atoms with E-state index in [9.17, 15) is 10.5 Å². The second-order valence-electron chi connectivity index (χ2n) is 17.1. The molecule has 2 aromatic heterocycles. The number of hydrogen-bond donors (Lipinski definition) is 0. The average molecular weight is 827 g/mol. The van der Waals surface area contributed by atoms with E-state index in [0.29, 0.717) is 34.1 Å². The fraction of sp³-hybridized carbons (Fsp3) is 0.103. The van der Waals surface area contributed by atoms with Gasteiger partial charge in [0.05, 0.1) is 34.6 Å². The van der Waals surface area contributed by atoms with Gasteiger partial charge in [0.1, 0.15) is 11.2 Å². The van der Waals surface area contributed by atoms with Gasteiger partial charge in [-0.3, -0.25) is 0 Å². The van der Waals surface area contributed by atoms with Crippen LogP contribution in [-0.2, 0) is 0 Å². The van der Waals surface area contributed by atoms with Crippen molar-refractivity contribution >= 4 is 99.5 Å². The summed E-state index contributed by atoms with van der Waals surface area (Å²) >= 11 is 0. The molecule has 0 N–H and O–H groups in total. The van der Waals surface area contributed by atoms with Gasteiger partial charge in [-0.05, 0) is 119 Å². The molecule has 6 nitrogen and oxygen atoms in total. The fourth-order valence-electron chi connectivity index (χ4n) is 9.37. The number of benzene rings is 9. The van der Waals surface area contributed by atoms with Gasteiger partial charge < -0.3 is 18.6 Å². The molecule has 64 heavy (non-hydrogen) atoms. The summed E-state index contributed by atoms with van der Waals surface area (Å²) in [5.41, 5.74) is 12.4. The maximum Gasteiger partial charge on any atom is 0.178 e. The number of nitriles is 2. The molecule has 0 amide bonds. The minimum atomic E-state index is 0.397. The summed E-state index contributed by atoms with van der Waals surface area (Å²) in [6.45, 7) is 8.82. The van der Waals surface area contributed by atoms with Crippen molar-refractivity contribution in [1.29, 1.82) is 10.5 Å². The monoisotopic (exact) mass is 826 g/mol. The zero-order valence-electron chi connectivity index (χ0n) is 35.9. The highest BCUT2D eigenvalue weighted by molar-refractivity contribution is 6.29. The molecule has 0 unspecified atom stereocenters. The second kappa shape index (κ2) is 15.2. The van der Waals surface area contributed by atoms with Crippen molar-refractivity contribution in [1.82, 2.24) is 0 Å². The Balaban J connectivity index is 1.15. The Labute approximate surface area is 371 Å². The number of anilines is 6. The van der Waals surface area contributed by atoms with E-state index < -0.39 is 0 Å². The summed E-state index contributed by atoms with van der Waals surface area (Å²) in [7, 11) is 0. The topological polar surface area (TPSA) is 80.3 Å².